The maximum absolute atomic E-state index is 12.3. The molecule has 2 rings (SSSR count). The van der Waals surface area contributed by atoms with Gasteiger partial charge in [-0.05, 0) is 30.9 Å². The lowest BCUT2D eigenvalue weighted by atomic mass is 9.77. The van der Waals surface area contributed by atoms with Crippen LogP contribution < -0.4 is 5.32 Å². The zero-order chi connectivity index (χ0) is 14.6. The lowest BCUT2D eigenvalue weighted by Gasteiger charge is -2.39. The second kappa shape index (κ2) is 6.23. The maximum atomic E-state index is 12.3. The van der Waals surface area contributed by atoms with E-state index in [4.69, 9.17) is 16.9 Å². The Balaban J connectivity index is 2.10. The summed E-state index contributed by atoms with van der Waals surface area (Å²) in [5, 5.41) is 11.8. The molecule has 1 amide bonds. The quantitative estimate of drug-likeness (QED) is 0.871. The molecule has 0 spiro atoms. The normalized spacial score (nSPS) is 25.8. The first-order valence-electron chi connectivity index (χ1n) is 6.83. The van der Waals surface area contributed by atoms with E-state index in [0.717, 1.165) is 19.3 Å². The van der Waals surface area contributed by atoms with E-state index in [9.17, 15) is 4.79 Å². The van der Waals surface area contributed by atoms with Crippen molar-refractivity contribution in [2.75, 3.05) is 5.88 Å². The fourth-order valence-corrected chi connectivity index (χ4v) is 3.14. The van der Waals surface area contributed by atoms with Crippen LogP contribution in [0.15, 0.2) is 18.3 Å². The Morgan fingerprint density at radius 3 is 3.00 bits per heavy atom. The molecule has 1 aliphatic carbocycles. The number of rotatable bonds is 3. The monoisotopic (exact) mass is 291 g/mol. The molecule has 0 radical (unpaired) electrons. The summed E-state index contributed by atoms with van der Waals surface area (Å²) >= 11 is 6.10. The number of halogens is 1. The van der Waals surface area contributed by atoms with Crippen molar-refractivity contribution in [3.8, 4) is 6.07 Å². The molecule has 2 unspecified atom stereocenters. The zero-order valence-corrected chi connectivity index (χ0v) is 12.3. The average Bonchev–Trinajstić information content (AvgIpc) is 2.47. The van der Waals surface area contributed by atoms with Crippen LogP contribution in [0.2, 0.25) is 0 Å². The largest absolute Gasteiger partial charge is 0.344 e. The summed E-state index contributed by atoms with van der Waals surface area (Å²) in [6.45, 7) is 2.19. The molecule has 0 saturated heterocycles. The Labute approximate surface area is 124 Å². The minimum absolute atomic E-state index is 0.218. The van der Waals surface area contributed by atoms with Crippen LogP contribution >= 0.6 is 11.6 Å². The summed E-state index contributed by atoms with van der Waals surface area (Å²) in [5.41, 5.74) is 0.443. The van der Waals surface area contributed by atoms with Crippen molar-refractivity contribution in [2.45, 2.75) is 38.1 Å². The minimum atomic E-state index is -0.327. The Kier molecular flexibility index (Phi) is 4.61. The van der Waals surface area contributed by atoms with Crippen LogP contribution in [0.4, 0.5) is 0 Å². The van der Waals surface area contributed by atoms with Crippen molar-refractivity contribution < 1.29 is 4.79 Å². The lowest BCUT2D eigenvalue weighted by Crippen LogP contribution is -2.52. The number of aromatic nitrogens is 1. The van der Waals surface area contributed by atoms with Crippen molar-refractivity contribution in [2.24, 2.45) is 5.92 Å². The molecule has 1 aliphatic rings. The predicted molar refractivity (Wildman–Crippen MR) is 77.5 cm³/mol. The van der Waals surface area contributed by atoms with Gasteiger partial charge in [0.25, 0.3) is 5.91 Å². The summed E-state index contributed by atoms with van der Waals surface area (Å²) in [4.78, 5) is 16.3. The van der Waals surface area contributed by atoms with Gasteiger partial charge in [-0.15, -0.1) is 11.6 Å². The summed E-state index contributed by atoms with van der Waals surface area (Å²) < 4.78 is 0. The molecule has 1 heterocycles. The third kappa shape index (κ3) is 3.29. The van der Waals surface area contributed by atoms with Gasteiger partial charge in [-0.3, -0.25) is 4.79 Å². The van der Waals surface area contributed by atoms with E-state index in [1.54, 1.807) is 12.1 Å². The van der Waals surface area contributed by atoms with Crippen LogP contribution in [0.1, 0.15) is 48.7 Å². The first-order chi connectivity index (χ1) is 9.58. The van der Waals surface area contributed by atoms with E-state index in [1.807, 2.05) is 6.07 Å². The highest BCUT2D eigenvalue weighted by Crippen LogP contribution is 2.33. The van der Waals surface area contributed by atoms with E-state index in [2.05, 4.69) is 17.2 Å². The summed E-state index contributed by atoms with van der Waals surface area (Å²) in [6.07, 6.45) is 5.48. The minimum Gasteiger partial charge on any atom is -0.344 e. The molecule has 0 aromatic carbocycles. The third-order valence-corrected chi connectivity index (χ3v) is 4.36. The molecule has 4 nitrogen and oxygen atoms in total. The number of alkyl halides is 1. The van der Waals surface area contributed by atoms with Gasteiger partial charge in [-0.2, -0.15) is 5.26 Å². The fraction of sp³-hybridized carbons (Fsp3) is 0.533. The number of hydrogen-bond acceptors (Lipinski definition) is 3. The van der Waals surface area contributed by atoms with Crippen molar-refractivity contribution in [1.29, 1.82) is 5.26 Å². The Bertz CT molecular complexity index is 523. The molecule has 1 saturated carbocycles. The van der Waals surface area contributed by atoms with Crippen LogP contribution in [0.3, 0.4) is 0 Å². The van der Waals surface area contributed by atoms with Gasteiger partial charge in [0, 0.05) is 12.1 Å². The molecule has 1 fully saturated rings. The molecule has 106 valence electrons. The summed E-state index contributed by atoms with van der Waals surface area (Å²) in [7, 11) is 0. The molecular formula is C15H18ClN3O. The Hall–Kier alpha value is -1.60. The van der Waals surface area contributed by atoms with Gasteiger partial charge < -0.3 is 5.32 Å². The number of nitrogens with zero attached hydrogens (tertiary/aromatic N) is 2. The number of pyridine rings is 1. The summed E-state index contributed by atoms with van der Waals surface area (Å²) in [5.74, 6) is 0.764. The third-order valence-electron chi connectivity index (χ3n) is 3.85. The van der Waals surface area contributed by atoms with Gasteiger partial charge in [0.2, 0.25) is 0 Å². The van der Waals surface area contributed by atoms with Crippen LogP contribution in [0.5, 0.6) is 0 Å². The highest BCUT2D eigenvalue weighted by atomic mass is 35.5. The van der Waals surface area contributed by atoms with Crippen molar-refractivity contribution >= 4 is 17.5 Å². The van der Waals surface area contributed by atoms with E-state index >= 15 is 0 Å². The van der Waals surface area contributed by atoms with E-state index < -0.39 is 0 Å². The van der Waals surface area contributed by atoms with Gasteiger partial charge in [-0.25, -0.2) is 4.98 Å². The van der Waals surface area contributed by atoms with E-state index in [-0.39, 0.29) is 11.4 Å². The Morgan fingerprint density at radius 1 is 1.65 bits per heavy atom. The SMILES string of the molecule is CC1CCCC(CCl)(NC(=O)c2ccc(C#N)cn2)C1. The van der Waals surface area contributed by atoms with E-state index in [1.165, 1.54) is 12.6 Å². The van der Waals surface area contributed by atoms with Crippen molar-refractivity contribution in [1.82, 2.24) is 10.3 Å². The van der Waals surface area contributed by atoms with Gasteiger partial charge in [-0.1, -0.05) is 19.8 Å². The number of nitriles is 1. The molecule has 1 aromatic heterocycles. The van der Waals surface area contributed by atoms with Crippen LogP contribution in [-0.2, 0) is 0 Å². The molecule has 1 N–H and O–H groups in total. The smallest absolute Gasteiger partial charge is 0.270 e. The average molecular weight is 292 g/mol. The molecule has 0 bridgehead atoms. The van der Waals surface area contributed by atoms with Crippen LogP contribution in [0, 0.1) is 17.2 Å². The number of amides is 1. The predicted octanol–water partition coefficient (Wildman–Crippen LogP) is 2.87. The summed E-state index contributed by atoms with van der Waals surface area (Å²) in [6, 6.07) is 5.15. The standard InChI is InChI=1S/C15H18ClN3O/c1-11-3-2-6-15(7-11,10-16)19-14(20)13-5-4-12(8-17)9-18-13/h4-5,9,11H,2-3,6-7,10H2,1H3,(H,19,20). The van der Waals surface area contributed by atoms with Gasteiger partial charge in [0.05, 0.1) is 11.1 Å². The molecule has 0 aliphatic heterocycles. The first-order valence-corrected chi connectivity index (χ1v) is 7.37. The molecule has 20 heavy (non-hydrogen) atoms. The van der Waals surface area contributed by atoms with Crippen molar-refractivity contribution in [3.63, 3.8) is 0 Å². The molecule has 2 atom stereocenters. The first kappa shape index (κ1) is 14.8. The van der Waals surface area contributed by atoms with Gasteiger partial charge in [0.1, 0.15) is 11.8 Å². The van der Waals surface area contributed by atoms with E-state index in [0.29, 0.717) is 23.1 Å². The molecule has 5 heteroatoms. The molecular weight excluding hydrogens is 274 g/mol. The lowest BCUT2D eigenvalue weighted by molar-refractivity contribution is 0.0862. The van der Waals surface area contributed by atoms with Gasteiger partial charge >= 0.3 is 0 Å². The fourth-order valence-electron chi connectivity index (χ4n) is 2.83. The highest BCUT2D eigenvalue weighted by Gasteiger charge is 2.35. The second-order valence-electron chi connectivity index (χ2n) is 5.61. The number of nitrogens with one attached hydrogen (secondary N) is 1. The zero-order valence-electron chi connectivity index (χ0n) is 11.5. The molecule has 1 aromatic rings. The van der Waals surface area contributed by atoms with Crippen molar-refractivity contribution in [3.05, 3.63) is 29.6 Å². The highest BCUT2D eigenvalue weighted by molar-refractivity contribution is 6.19. The second-order valence-corrected chi connectivity index (χ2v) is 5.88. The van der Waals surface area contributed by atoms with Crippen LogP contribution in [0.25, 0.3) is 0 Å². The number of carbonyl (C=O) groups is 1. The topological polar surface area (TPSA) is 65.8 Å². The number of carbonyl (C=O) groups excluding carboxylic acids is 1. The maximum Gasteiger partial charge on any atom is 0.270 e. The number of hydrogen-bond donors (Lipinski definition) is 1. The van der Waals surface area contributed by atoms with Gasteiger partial charge in [0.15, 0.2) is 0 Å². The van der Waals surface area contributed by atoms with Crippen LogP contribution in [-0.4, -0.2) is 22.3 Å². The Morgan fingerprint density at radius 2 is 2.45 bits per heavy atom.